The maximum Gasteiger partial charge on any atom is 0.119 e. The molecule has 2 aromatic carbocycles. The molecule has 0 saturated heterocycles. The lowest BCUT2D eigenvalue weighted by atomic mass is 10.1. The molecule has 0 aliphatic heterocycles. The number of ether oxygens (including phenoxy) is 1. The van der Waals surface area contributed by atoms with E-state index in [4.69, 9.17) is 4.74 Å². The fourth-order valence-corrected chi connectivity index (χ4v) is 2.28. The molecule has 0 amide bonds. The molecule has 0 N–H and O–H groups in total. The summed E-state index contributed by atoms with van der Waals surface area (Å²) >= 11 is 0. The second kappa shape index (κ2) is 8.81. The van der Waals surface area contributed by atoms with E-state index in [2.05, 4.69) is 48.8 Å². The third kappa shape index (κ3) is 4.87. The average molecular weight is 290 g/mol. The second-order valence-corrected chi connectivity index (χ2v) is 5.29. The molecule has 0 heterocycles. The molecule has 22 heavy (non-hydrogen) atoms. The van der Waals surface area contributed by atoms with Crippen LogP contribution >= 0.6 is 0 Å². The molecule has 0 aliphatic rings. The monoisotopic (exact) mass is 290 g/mol. The smallest absolute Gasteiger partial charge is 0.119 e. The number of fused-ring (bicyclic) bond motifs is 1. The summed E-state index contributed by atoms with van der Waals surface area (Å²) < 4.78 is 5.23. The summed E-state index contributed by atoms with van der Waals surface area (Å²) in [6, 6.07) is 12.2. The summed E-state index contributed by atoms with van der Waals surface area (Å²) in [5.74, 6) is 13.0. The predicted octanol–water partition coefficient (Wildman–Crippen LogP) is 5.17. The van der Waals surface area contributed by atoms with Crippen LogP contribution in [0, 0.1) is 23.7 Å². The van der Waals surface area contributed by atoms with Crippen LogP contribution in [-0.2, 0) is 0 Å². The minimum atomic E-state index is 0.875. The highest BCUT2D eigenvalue weighted by Crippen LogP contribution is 2.21. The Morgan fingerprint density at radius 1 is 0.909 bits per heavy atom. The normalized spacial score (nSPS) is 9.55. The molecule has 0 radical (unpaired) electrons. The highest BCUT2D eigenvalue weighted by atomic mass is 16.5. The van der Waals surface area contributed by atoms with Gasteiger partial charge in [-0.1, -0.05) is 50.2 Å². The Bertz CT molecular complexity index is 735. The van der Waals surface area contributed by atoms with Gasteiger partial charge in [0, 0.05) is 12.0 Å². The molecule has 1 heteroatoms. The first-order valence-electron chi connectivity index (χ1n) is 7.90. The topological polar surface area (TPSA) is 9.23 Å². The molecule has 0 aliphatic carbocycles. The molecule has 0 aromatic heterocycles. The van der Waals surface area contributed by atoms with Crippen LogP contribution in [0.5, 0.6) is 5.75 Å². The van der Waals surface area contributed by atoms with Crippen LogP contribution in [0.2, 0.25) is 0 Å². The highest BCUT2D eigenvalue weighted by molar-refractivity contribution is 5.85. The van der Waals surface area contributed by atoms with Crippen molar-refractivity contribution in [3.8, 4) is 29.4 Å². The lowest BCUT2D eigenvalue weighted by molar-refractivity contribution is 0.415. The molecule has 2 aromatic rings. The van der Waals surface area contributed by atoms with Gasteiger partial charge in [0.25, 0.3) is 0 Å². The van der Waals surface area contributed by atoms with Gasteiger partial charge in [-0.3, -0.25) is 0 Å². The van der Waals surface area contributed by atoms with E-state index < -0.39 is 0 Å². The first kappa shape index (κ1) is 16.0. The number of unbranched alkanes of at least 4 members (excludes halogenated alkanes) is 4. The van der Waals surface area contributed by atoms with Gasteiger partial charge in [0.05, 0.1) is 7.11 Å². The molecule has 2 rings (SSSR count). The predicted molar refractivity (Wildman–Crippen MR) is 93.9 cm³/mol. The fraction of sp³-hybridized carbons (Fsp3) is 0.333. The van der Waals surface area contributed by atoms with Gasteiger partial charge in [0.1, 0.15) is 5.75 Å². The van der Waals surface area contributed by atoms with Crippen LogP contribution < -0.4 is 4.74 Å². The number of methoxy groups -OCH3 is 1. The van der Waals surface area contributed by atoms with Gasteiger partial charge in [-0.25, -0.2) is 0 Å². The molecule has 0 bridgehead atoms. The largest absolute Gasteiger partial charge is 0.497 e. The second-order valence-electron chi connectivity index (χ2n) is 5.29. The van der Waals surface area contributed by atoms with Crippen molar-refractivity contribution < 1.29 is 4.74 Å². The minimum absolute atomic E-state index is 0.875. The van der Waals surface area contributed by atoms with E-state index in [9.17, 15) is 0 Å². The van der Waals surface area contributed by atoms with Crippen molar-refractivity contribution in [1.82, 2.24) is 0 Å². The number of benzene rings is 2. The van der Waals surface area contributed by atoms with Gasteiger partial charge in [0.2, 0.25) is 0 Å². The van der Waals surface area contributed by atoms with E-state index in [1.54, 1.807) is 7.11 Å². The first-order valence-corrected chi connectivity index (χ1v) is 7.90. The van der Waals surface area contributed by atoms with Crippen LogP contribution in [0.1, 0.15) is 44.6 Å². The van der Waals surface area contributed by atoms with Gasteiger partial charge >= 0.3 is 0 Å². The summed E-state index contributed by atoms with van der Waals surface area (Å²) in [5, 5.41) is 2.33. The fourth-order valence-electron chi connectivity index (χ4n) is 2.28. The molecule has 112 valence electrons. The van der Waals surface area contributed by atoms with Crippen molar-refractivity contribution in [2.45, 2.75) is 39.0 Å². The van der Waals surface area contributed by atoms with E-state index in [-0.39, 0.29) is 0 Å². The van der Waals surface area contributed by atoms with Crippen LogP contribution in [0.25, 0.3) is 10.8 Å². The van der Waals surface area contributed by atoms with E-state index in [1.807, 2.05) is 18.2 Å². The maximum atomic E-state index is 5.23. The van der Waals surface area contributed by atoms with Gasteiger partial charge in [0.15, 0.2) is 0 Å². The van der Waals surface area contributed by atoms with Gasteiger partial charge < -0.3 is 4.74 Å². The van der Waals surface area contributed by atoms with Gasteiger partial charge in [-0.15, -0.1) is 0 Å². The molecular formula is C21H22O. The van der Waals surface area contributed by atoms with E-state index >= 15 is 0 Å². The van der Waals surface area contributed by atoms with Crippen LogP contribution in [0.4, 0.5) is 0 Å². The molecule has 0 unspecified atom stereocenters. The molecule has 1 nitrogen and oxygen atoms in total. The van der Waals surface area contributed by atoms with Crippen molar-refractivity contribution in [2.24, 2.45) is 0 Å². The lowest BCUT2D eigenvalue weighted by Crippen LogP contribution is -1.83. The Morgan fingerprint density at radius 2 is 1.73 bits per heavy atom. The van der Waals surface area contributed by atoms with E-state index in [0.29, 0.717) is 0 Å². The van der Waals surface area contributed by atoms with Gasteiger partial charge in [-0.05, 0) is 53.3 Å². The Morgan fingerprint density at radius 3 is 2.55 bits per heavy atom. The molecule has 0 fully saturated rings. The van der Waals surface area contributed by atoms with Crippen molar-refractivity contribution in [3.05, 3.63) is 42.0 Å². The third-order valence-corrected chi connectivity index (χ3v) is 3.56. The molecular weight excluding hydrogens is 268 g/mol. The summed E-state index contributed by atoms with van der Waals surface area (Å²) in [4.78, 5) is 0. The van der Waals surface area contributed by atoms with Crippen LogP contribution in [-0.4, -0.2) is 7.11 Å². The van der Waals surface area contributed by atoms with Crippen LogP contribution in [0.3, 0.4) is 0 Å². The van der Waals surface area contributed by atoms with Crippen LogP contribution in [0.15, 0.2) is 36.4 Å². The third-order valence-electron chi connectivity index (χ3n) is 3.56. The van der Waals surface area contributed by atoms with Crippen molar-refractivity contribution in [2.75, 3.05) is 7.11 Å². The standard InChI is InChI=1S/C21H22O/c1-3-4-5-6-7-8-9-10-11-18-12-13-20-17-21(22-2)15-14-19(20)16-18/h12-17H,3-7H2,1-2H3. The SMILES string of the molecule is CCCCCCC#CC#Cc1ccc2cc(OC)ccc2c1. The van der Waals surface area contributed by atoms with E-state index in [0.717, 1.165) is 23.1 Å². The lowest BCUT2D eigenvalue weighted by Gasteiger charge is -2.02. The Hall–Kier alpha value is -2.38. The summed E-state index contributed by atoms with van der Waals surface area (Å²) in [6.45, 7) is 2.22. The number of hydrogen-bond donors (Lipinski definition) is 0. The van der Waals surface area contributed by atoms with Crippen molar-refractivity contribution in [3.63, 3.8) is 0 Å². The Kier molecular flexibility index (Phi) is 6.40. The summed E-state index contributed by atoms with van der Waals surface area (Å²) in [6.07, 6.45) is 5.97. The molecule has 0 saturated carbocycles. The molecule has 0 spiro atoms. The average Bonchev–Trinajstić information content (AvgIpc) is 2.56. The maximum absolute atomic E-state index is 5.23. The summed E-state index contributed by atoms with van der Waals surface area (Å²) in [5.41, 5.74) is 0.998. The zero-order valence-electron chi connectivity index (χ0n) is 13.4. The zero-order valence-corrected chi connectivity index (χ0v) is 13.4. The Balaban J connectivity index is 1.98. The quantitative estimate of drug-likeness (QED) is 0.545. The highest BCUT2D eigenvalue weighted by Gasteiger charge is 1.97. The first-order chi connectivity index (χ1) is 10.8. The zero-order chi connectivity index (χ0) is 15.6. The summed E-state index contributed by atoms with van der Waals surface area (Å²) in [7, 11) is 1.68. The van der Waals surface area contributed by atoms with E-state index in [1.165, 1.54) is 31.1 Å². The Labute approximate surface area is 133 Å². The van der Waals surface area contributed by atoms with Crippen molar-refractivity contribution in [1.29, 1.82) is 0 Å². The van der Waals surface area contributed by atoms with Crippen molar-refractivity contribution >= 4 is 10.8 Å². The number of hydrogen-bond acceptors (Lipinski definition) is 1. The van der Waals surface area contributed by atoms with Gasteiger partial charge in [-0.2, -0.15) is 0 Å². The molecule has 0 atom stereocenters. The number of rotatable bonds is 5. The minimum Gasteiger partial charge on any atom is -0.497 e.